The SMILES string of the molecule is N#Cc1ccccc1COC(=O)Cn1cnc2c(oc3ccccc32)c1=O. The summed E-state index contributed by atoms with van der Waals surface area (Å²) >= 11 is 0. The summed E-state index contributed by atoms with van der Waals surface area (Å²) in [6.07, 6.45) is 1.30. The molecule has 4 rings (SSSR count). The highest BCUT2D eigenvalue weighted by atomic mass is 16.5. The summed E-state index contributed by atoms with van der Waals surface area (Å²) in [7, 11) is 0. The summed E-state index contributed by atoms with van der Waals surface area (Å²) in [5.41, 5.74) is 1.71. The summed E-state index contributed by atoms with van der Waals surface area (Å²) in [5.74, 6) is -0.609. The van der Waals surface area contributed by atoms with Gasteiger partial charge in [0, 0.05) is 10.9 Å². The Morgan fingerprint density at radius 1 is 1.19 bits per heavy atom. The second-order valence-corrected chi connectivity index (χ2v) is 5.88. The summed E-state index contributed by atoms with van der Waals surface area (Å²) in [6.45, 7) is -0.342. The number of carbonyl (C=O) groups excluding carboxylic acids is 1. The smallest absolute Gasteiger partial charge is 0.326 e. The molecule has 0 saturated carbocycles. The average Bonchev–Trinajstić information content (AvgIpc) is 3.08. The lowest BCUT2D eigenvalue weighted by Gasteiger charge is -2.07. The lowest BCUT2D eigenvalue weighted by molar-refractivity contribution is -0.145. The highest BCUT2D eigenvalue weighted by Crippen LogP contribution is 2.24. The van der Waals surface area contributed by atoms with E-state index in [0.29, 0.717) is 22.2 Å². The third-order valence-electron chi connectivity index (χ3n) is 4.18. The van der Waals surface area contributed by atoms with Crippen molar-refractivity contribution in [1.82, 2.24) is 9.55 Å². The molecule has 0 N–H and O–H groups in total. The van der Waals surface area contributed by atoms with Crippen LogP contribution in [-0.4, -0.2) is 15.5 Å². The lowest BCUT2D eigenvalue weighted by atomic mass is 10.1. The largest absolute Gasteiger partial charge is 0.459 e. The number of nitrogens with zero attached hydrogens (tertiary/aromatic N) is 3. The van der Waals surface area contributed by atoms with E-state index in [1.165, 1.54) is 6.33 Å². The van der Waals surface area contributed by atoms with E-state index in [1.54, 1.807) is 36.4 Å². The first-order valence-electron chi connectivity index (χ1n) is 8.17. The number of ether oxygens (including phenoxy) is 1. The number of hydrogen-bond acceptors (Lipinski definition) is 6. The van der Waals surface area contributed by atoms with Crippen molar-refractivity contribution in [3.63, 3.8) is 0 Å². The van der Waals surface area contributed by atoms with Crippen molar-refractivity contribution in [2.75, 3.05) is 0 Å². The number of carbonyl (C=O) groups is 1. The molecule has 2 heterocycles. The molecule has 27 heavy (non-hydrogen) atoms. The third kappa shape index (κ3) is 3.04. The number of benzene rings is 2. The van der Waals surface area contributed by atoms with Gasteiger partial charge in [-0.05, 0) is 18.2 Å². The number of furan rings is 1. The van der Waals surface area contributed by atoms with Crippen LogP contribution in [0.2, 0.25) is 0 Å². The number of fused-ring (bicyclic) bond motifs is 3. The molecule has 0 saturated heterocycles. The van der Waals surface area contributed by atoms with E-state index in [0.717, 1.165) is 9.95 Å². The van der Waals surface area contributed by atoms with Gasteiger partial charge < -0.3 is 9.15 Å². The van der Waals surface area contributed by atoms with Crippen LogP contribution in [-0.2, 0) is 22.7 Å². The van der Waals surface area contributed by atoms with Crippen LogP contribution in [0, 0.1) is 11.3 Å². The molecule has 0 amide bonds. The molecule has 0 atom stereocenters. The van der Waals surface area contributed by atoms with Crippen LogP contribution < -0.4 is 5.56 Å². The molecule has 7 heteroatoms. The van der Waals surface area contributed by atoms with Crippen LogP contribution in [0.3, 0.4) is 0 Å². The van der Waals surface area contributed by atoms with Gasteiger partial charge in [0.1, 0.15) is 24.3 Å². The first-order chi connectivity index (χ1) is 13.2. The zero-order chi connectivity index (χ0) is 18.8. The second kappa shape index (κ2) is 6.77. The van der Waals surface area contributed by atoms with Gasteiger partial charge in [-0.3, -0.25) is 14.2 Å². The van der Waals surface area contributed by atoms with Crippen molar-refractivity contribution >= 4 is 28.0 Å². The number of esters is 1. The van der Waals surface area contributed by atoms with Gasteiger partial charge in [0.05, 0.1) is 18.0 Å². The Labute approximate surface area is 153 Å². The van der Waals surface area contributed by atoms with Gasteiger partial charge in [-0.1, -0.05) is 30.3 Å². The molecule has 0 fully saturated rings. The van der Waals surface area contributed by atoms with E-state index in [4.69, 9.17) is 14.4 Å². The molecule has 132 valence electrons. The molecule has 0 radical (unpaired) electrons. The Hall–Kier alpha value is -3.92. The van der Waals surface area contributed by atoms with Gasteiger partial charge in [0.15, 0.2) is 0 Å². The Morgan fingerprint density at radius 3 is 2.81 bits per heavy atom. The maximum absolute atomic E-state index is 12.6. The quantitative estimate of drug-likeness (QED) is 0.520. The molecule has 0 bridgehead atoms. The van der Waals surface area contributed by atoms with Crippen LogP contribution in [0.5, 0.6) is 0 Å². The van der Waals surface area contributed by atoms with Crippen LogP contribution in [0.15, 0.2) is 64.1 Å². The molecule has 0 unspecified atom stereocenters. The van der Waals surface area contributed by atoms with Crippen LogP contribution in [0.4, 0.5) is 0 Å². The summed E-state index contributed by atoms with van der Waals surface area (Å²) in [5, 5.41) is 9.80. The van der Waals surface area contributed by atoms with Crippen LogP contribution in [0.1, 0.15) is 11.1 Å². The summed E-state index contributed by atoms with van der Waals surface area (Å²) in [6, 6.07) is 16.1. The number of para-hydroxylation sites is 1. The van der Waals surface area contributed by atoms with Gasteiger partial charge >= 0.3 is 5.97 Å². The minimum atomic E-state index is -0.609. The molecule has 2 aromatic heterocycles. The number of aromatic nitrogens is 2. The average molecular weight is 359 g/mol. The van der Waals surface area contributed by atoms with Crippen molar-refractivity contribution in [3.8, 4) is 6.07 Å². The highest BCUT2D eigenvalue weighted by Gasteiger charge is 2.15. The maximum Gasteiger partial charge on any atom is 0.326 e. The van der Waals surface area contributed by atoms with E-state index in [2.05, 4.69) is 4.98 Å². The van der Waals surface area contributed by atoms with Crippen molar-refractivity contribution in [3.05, 3.63) is 76.3 Å². The molecule has 7 nitrogen and oxygen atoms in total. The number of rotatable bonds is 4. The number of nitriles is 1. The van der Waals surface area contributed by atoms with Gasteiger partial charge in [0.2, 0.25) is 5.58 Å². The highest BCUT2D eigenvalue weighted by molar-refractivity contribution is 6.01. The minimum Gasteiger partial charge on any atom is -0.459 e. The monoisotopic (exact) mass is 359 g/mol. The molecule has 0 aliphatic rings. The van der Waals surface area contributed by atoms with E-state index in [-0.39, 0.29) is 18.7 Å². The Morgan fingerprint density at radius 2 is 1.96 bits per heavy atom. The van der Waals surface area contributed by atoms with Crippen molar-refractivity contribution in [1.29, 1.82) is 5.26 Å². The second-order valence-electron chi connectivity index (χ2n) is 5.88. The standard InChI is InChI=1S/C20H13N3O4/c21-9-13-5-1-2-6-14(13)11-26-17(24)10-23-12-22-18-15-7-3-4-8-16(15)27-19(18)20(23)25/h1-8,12H,10-11H2. The van der Waals surface area contributed by atoms with E-state index in [9.17, 15) is 9.59 Å². The van der Waals surface area contributed by atoms with Crippen LogP contribution >= 0.6 is 0 Å². The lowest BCUT2D eigenvalue weighted by Crippen LogP contribution is -2.25. The topological polar surface area (TPSA) is 98.1 Å². The van der Waals surface area contributed by atoms with Gasteiger partial charge in [-0.25, -0.2) is 4.98 Å². The van der Waals surface area contributed by atoms with E-state index in [1.807, 2.05) is 18.2 Å². The summed E-state index contributed by atoms with van der Waals surface area (Å²) < 4.78 is 11.9. The maximum atomic E-state index is 12.6. The predicted molar refractivity (Wildman–Crippen MR) is 96.7 cm³/mol. The Bertz CT molecular complexity index is 1260. The molecule has 0 aliphatic carbocycles. The van der Waals surface area contributed by atoms with Crippen molar-refractivity contribution < 1.29 is 13.9 Å². The Balaban J connectivity index is 1.55. The Kier molecular flexibility index (Phi) is 4.15. The van der Waals surface area contributed by atoms with Gasteiger partial charge in [-0.15, -0.1) is 0 Å². The number of hydrogen-bond donors (Lipinski definition) is 0. The van der Waals surface area contributed by atoms with Crippen molar-refractivity contribution in [2.24, 2.45) is 0 Å². The van der Waals surface area contributed by atoms with Crippen molar-refractivity contribution in [2.45, 2.75) is 13.2 Å². The minimum absolute atomic E-state index is 0.0440. The third-order valence-corrected chi connectivity index (χ3v) is 4.18. The predicted octanol–water partition coefficient (Wildman–Crippen LogP) is 2.76. The molecular weight excluding hydrogens is 346 g/mol. The zero-order valence-corrected chi connectivity index (χ0v) is 14.1. The van der Waals surface area contributed by atoms with Gasteiger partial charge in [-0.2, -0.15) is 5.26 Å². The molecule has 0 aliphatic heterocycles. The fraction of sp³-hybridized carbons (Fsp3) is 0.100. The molecule has 0 spiro atoms. The zero-order valence-electron chi connectivity index (χ0n) is 14.1. The molecule has 4 aromatic rings. The van der Waals surface area contributed by atoms with Crippen LogP contribution in [0.25, 0.3) is 22.1 Å². The fourth-order valence-electron chi connectivity index (χ4n) is 2.83. The summed E-state index contributed by atoms with van der Waals surface area (Å²) in [4.78, 5) is 29.0. The molecular formula is C20H13N3O4. The van der Waals surface area contributed by atoms with Gasteiger partial charge in [0.25, 0.3) is 5.56 Å². The fourth-order valence-corrected chi connectivity index (χ4v) is 2.83. The first-order valence-corrected chi connectivity index (χ1v) is 8.17. The van der Waals surface area contributed by atoms with E-state index >= 15 is 0 Å². The molecule has 2 aromatic carbocycles. The first kappa shape index (κ1) is 16.5. The van der Waals surface area contributed by atoms with E-state index < -0.39 is 11.5 Å². The normalized spacial score (nSPS) is 10.8.